The Labute approximate surface area is 210 Å². The lowest BCUT2D eigenvalue weighted by Gasteiger charge is -2.46. The van der Waals surface area contributed by atoms with Gasteiger partial charge in [-0.15, -0.1) is 0 Å². The molecule has 1 saturated carbocycles. The molecular weight excluding hydrogens is 400 g/mol. The summed E-state index contributed by atoms with van der Waals surface area (Å²) < 4.78 is 0. The highest BCUT2D eigenvalue weighted by Crippen LogP contribution is 2.44. The first-order valence-corrected chi connectivity index (χ1v) is 14.0. The van der Waals surface area contributed by atoms with Crippen molar-refractivity contribution >= 4 is 0 Å². The summed E-state index contributed by atoms with van der Waals surface area (Å²) in [6.45, 7) is 28.3. The van der Waals surface area contributed by atoms with Crippen LogP contribution in [0.5, 0.6) is 0 Å². The van der Waals surface area contributed by atoms with Crippen LogP contribution in [0.15, 0.2) is 48.2 Å². The fourth-order valence-corrected chi connectivity index (χ4v) is 4.39. The Morgan fingerprint density at radius 1 is 1.03 bits per heavy atom. The summed E-state index contributed by atoms with van der Waals surface area (Å²) in [6.07, 6.45) is 18.6. The third-order valence-corrected chi connectivity index (χ3v) is 5.48. The van der Waals surface area contributed by atoms with Gasteiger partial charge in [0.05, 0.1) is 0 Å². The number of rotatable bonds is 8. The van der Waals surface area contributed by atoms with Crippen molar-refractivity contribution in [2.75, 3.05) is 13.6 Å². The van der Waals surface area contributed by atoms with Crippen molar-refractivity contribution in [2.24, 2.45) is 17.3 Å². The number of likely N-dealkylation sites (N-methyl/N-ethyl adjacent to an activating group) is 1. The highest BCUT2D eigenvalue weighted by atomic mass is 14.9. The fourth-order valence-electron chi connectivity index (χ4n) is 4.39. The van der Waals surface area contributed by atoms with Gasteiger partial charge in [-0.25, -0.2) is 0 Å². The Balaban J connectivity index is -0.000000882. The zero-order valence-electron chi connectivity index (χ0n) is 24.8. The Morgan fingerprint density at radius 3 is 2.09 bits per heavy atom. The summed E-state index contributed by atoms with van der Waals surface area (Å²) in [5.74, 6) is 1.28. The third-order valence-electron chi connectivity index (χ3n) is 5.48. The van der Waals surface area contributed by atoms with Crippen LogP contribution < -0.4 is 10.6 Å². The Morgan fingerprint density at radius 2 is 1.61 bits per heavy atom. The van der Waals surface area contributed by atoms with Crippen LogP contribution in [-0.4, -0.2) is 19.6 Å². The van der Waals surface area contributed by atoms with E-state index in [1.807, 2.05) is 54.7 Å². The zero-order chi connectivity index (χ0) is 26.3. The molecule has 2 rings (SSSR count). The molecule has 0 radical (unpaired) electrons. The van der Waals surface area contributed by atoms with Gasteiger partial charge in [0.25, 0.3) is 0 Å². The summed E-state index contributed by atoms with van der Waals surface area (Å²) in [5, 5.41) is 7.20. The molecule has 3 unspecified atom stereocenters. The number of hydrogen-bond acceptors (Lipinski definition) is 2. The molecule has 0 heterocycles. The molecule has 33 heavy (non-hydrogen) atoms. The van der Waals surface area contributed by atoms with Gasteiger partial charge in [-0.3, -0.25) is 0 Å². The summed E-state index contributed by atoms with van der Waals surface area (Å²) in [5.41, 5.74) is 3.19. The minimum Gasteiger partial charge on any atom is -0.388 e. The molecule has 2 nitrogen and oxygen atoms in total. The Kier molecular flexibility index (Phi) is 26.2. The molecule has 0 aromatic rings. The van der Waals surface area contributed by atoms with Crippen LogP contribution in [0.25, 0.3) is 0 Å². The van der Waals surface area contributed by atoms with Crippen LogP contribution in [-0.2, 0) is 0 Å². The monoisotopic (exact) mass is 462 g/mol. The second kappa shape index (κ2) is 23.9. The topological polar surface area (TPSA) is 24.1 Å². The third kappa shape index (κ3) is 16.1. The zero-order valence-corrected chi connectivity index (χ0v) is 24.8. The van der Waals surface area contributed by atoms with Gasteiger partial charge in [-0.1, -0.05) is 125 Å². The van der Waals surface area contributed by atoms with E-state index in [0.29, 0.717) is 23.3 Å². The molecule has 0 aliphatic heterocycles. The number of nitrogens with one attached hydrogen (secondary N) is 2. The van der Waals surface area contributed by atoms with Crippen LogP contribution in [0, 0.1) is 17.3 Å². The quantitative estimate of drug-likeness (QED) is 0.351. The van der Waals surface area contributed by atoms with E-state index < -0.39 is 0 Å². The summed E-state index contributed by atoms with van der Waals surface area (Å²) in [4.78, 5) is 0. The van der Waals surface area contributed by atoms with Gasteiger partial charge >= 0.3 is 0 Å². The molecular formula is C31H62N2. The smallest absolute Gasteiger partial charge is 0.0297 e. The van der Waals surface area contributed by atoms with Gasteiger partial charge in [-0.2, -0.15) is 0 Å². The van der Waals surface area contributed by atoms with Crippen molar-refractivity contribution in [3.8, 4) is 0 Å². The van der Waals surface area contributed by atoms with Crippen molar-refractivity contribution in [1.29, 1.82) is 0 Å². The van der Waals surface area contributed by atoms with Crippen molar-refractivity contribution in [3.63, 3.8) is 0 Å². The molecule has 2 aliphatic carbocycles. The van der Waals surface area contributed by atoms with Crippen molar-refractivity contribution in [1.82, 2.24) is 10.6 Å². The predicted molar refractivity (Wildman–Crippen MR) is 156 cm³/mol. The summed E-state index contributed by atoms with van der Waals surface area (Å²) in [6, 6.07) is 0.568. The van der Waals surface area contributed by atoms with Crippen LogP contribution in [0.1, 0.15) is 115 Å². The fraction of sp³-hybridized carbons (Fsp3) is 0.742. The van der Waals surface area contributed by atoms with E-state index in [1.54, 1.807) is 0 Å². The minimum atomic E-state index is 0.414. The minimum absolute atomic E-state index is 0.414. The van der Waals surface area contributed by atoms with Gasteiger partial charge in [0.15, 0.2) is 0 Å². The van der Waals surface area contributed by atoms with E-state index in [2.05, 4.69) is 76.1 Å². The first-order chi connectivity index (χ1) is 15.9. The molecule has 0 spiro atoms. The summed E-state index contributed by atoms with van der Waals surface area (Å²) >= 11 is 0. The average Bonchev–Trinajstić information content (AvgIpc) is 2.83. The Bertz CT molecular complexity index is 525. The molecule has 2 N–H and O–H groups in total. The van der Waals surface area contributed by atoms with Crippen LogP contribution in [0.3, 0.4) is 0 Å². The molecule has 196 valence electrons. The number of allylic oxidation sites excluding steroid dienone is 4. The van der Waals surface area contributed by atoms with Gasteiger partial charge in [0.1, 0.15) is 0 Å². The van der Waals surface area contributed by atoms with Crippen LogP contribution >= 0.6 is 0 Å². The maximum atomic E-state index is 3.89. The van der Waals surface area contributed by atoms with E-state index in [1.165, 1.54) is 43.4 Å². The van der Waals surface area contributed by atoms with Crippen molar-refractivity contribution in [3.05, 3.63) is 48.2 Å². The second-order valence-electron chi connectivity index (χ2n) is 8.87. The normalized spacial score (nSPS) is 22.1. The van der Waals surface area contributed by atoms with Gasteiger partial charge in [0.2, 0.25) is 0 Å². The molecule has 0 saturated heterocycles. The Hall–Kier alpha value is -1.28. The second-order valence-corrected chi connectivity index (χ2v) is 8.87. The number of hydrogen-bond donors (Lipinski definition) is 2. The lowest BCUT2D eigenvalue weighted by Crippen LogP contribution is -2.48. The average molecular weight is 463 g/mol. The highest BCUT2D eigenvalue weighted by Gasteiger charge is 2.40. The molecule has 1 fully saturated rings. The van der Waals surface area contributed by atoms with E-state index in [-0.39, 0.29) is 0 Å². The van der Waals surface area contributed by atoms with Crippen LogP contribution in [0.2, 0.25) is 0 Å². The number of fused-ring (bicyclic) bond motifs is 1. The van der Waals surface area contributed by atoms with Gasteiger partial charge in [0, 0.05) is 24.7 Å². The van der Waals surface area contributed by atoms with Crippen molar-refractivity contribution < 1.29 is 0 Å². The van der Waals surface area contributed by atoms with E-state index in [0.717, 1.165) is 13.0 Å². The molecule has 0 bridgehead atoms. The first-order valence-electron chi connectivity index (χ1n) is 14.0. The molecule has 0 amide bonds. The van der Waals surface area contributed by atoms with Gasteiger partial charge < -0.3 is 10.6 Å². The molecule has 2 heteroatoms. The van der Waals surface area contributed by atoms with E-state index in [4.69, 9.17) is 0 Å². The first kappa shape index (κ1) is 36.3. The van der Waals surface area contributed by atoms with Gasteiger partial charge in [-0.05, 0) is 49.6 Å². The molecule has 2 aliphatic rings. The maximum Gasteiger partial charge on any atom is 0.0297 e. The van der Waals surface area contributed by atoms with E-state index >= 15 is 0 Å². The van der Waals surface area contributed by atoms with E-state index in [9.17, 15) is 0 Å². The SMILES string of the molecule is C=C/C=C(\CCC)CCNC1CC(C)(C)CC2C=CC(NC)=CC21.CC.CC.CC.CCC. The van der Waals surface area contributed by atoms with Crippen molar-refractivity contribution in [2.45, 2.75) is 121 Å². The van der Waals surface area contributed by atoms with Crippen LogP contribution in [0.4, 0.5) is 0 Å². The predicted octanol–water partition coefficient (Wildman–Crippen LogP) is 9.47. The summed E-state index contributed by atoms with van der Waals surface area (Å²) in [7, 11) is 2.02. The standard InChI is InChI=1S/C22H36N2.C3H8.3C2H6/c1-6-8-17(9-7-2)12-13-24-21-16-22(3,4)15-18-10-11-19(23-5)14-20(18)21;1-3-2;3*1-2/h6,8,10-11,14,18,20-21,23-24H,1,7,9,12-13,15-16H2,2-5H3;3H2,1-2H3;3*1-2H3/b17-8+;;;;. The maximum absolute atomic E-state index is 3.89. The lowest BCUT2D eigenvalue weighted by atomic mass is 9.63. The molecule has 0 aromatic heterocycles. The highest BCUT2D eigenvalue weighted by molar-refractivity contribution is 5.26. The molecule has 3 atom stereocenters. The largest absolute Gasteiger partial charge is 0.388 e. The lowest BCUT2D eigenvalue weighted by molar-refractivity contribution is 0.124. The molecule has 0 aromatic carbocycles.